The molecule has 148 valence electrons. The minimum atomic E-state index is -0.567. The Hall–Kier alpha value is -2.98. The number of hydrogen-bond donors (Lipinski definition) is 2. The molecule has 0 radical (unpaired) electrons. The van der Waals surface area contributed by atoms with E-state index in [-0.39, 0.29) is 37.6 Å². The lowest BCUT2D eigenvalue weighted by atomic mass is 10.0. The van der Waals surface area contributed by atoms with Crippen LogP contribution in [0, 0.1) is 6.92 Å². The molecule has 0 fully saturated rings. The summed E-state index contributed by atoms with van der Waals surface area (Å²) >= 11 is 0. The van der Waals surface area contributed by atoms with Crippen molar-refractivity contribution in [2.45, 2.75) is 20.8 Å². The molecule has 0 unspecified atom stereocenters. The predicted octanol–water partition coefficient (Wildman–Crippen LogP) is 0.444. The standard InChI is InChI=1S/C17H22N2O8/c1-11-4-5-14(16(22)18-26-8-6-24-12(2)20)10-15(11)17(23)19-27-9-7-25-13(3)21/h4-5,10H,6-9H2,1-3H3,(H,18,22)(H,19,23). The van der Waals surface area contributed by atoms with E-state index in [0.717, 1.165) is 0 Å². The van der Waals surface area contributed by atoms with E-state index in [1.165, 1.54) is 26.0 Å². The van der Waals surface area contributed by atoms with E-state index in [9.17, 15) is 19.2 Å². The highest BCUT2D eigenvalue weighted by Crippen LogP contribution is 2.11. The average Bonchev–Trinajstić information content (AvgIpc) is 2.60. The Bertz CT molecular complexity index is 690. The van der Waals surface area contributed by atoms with Crippen molar-refractivity contribution in [1.29, 1.82) is 0 Å². The number of ether oxygens (including phenoxy) is 2. The van der Waals surface area contributed by atoms with Gasteiger partial charge < -0.3 is 9.47 Å². The Morgan fingerprint density at radius 3 is 1.85 bits per heavy atom. The monoisotopic (exact) mass is 382 g/mol. The summed E-state index contributed by atoms with van der Waals surface area (Å²) in [5, 5.41) is 0. The lowest BCUT2D eigenvalue weighted by Gasteiger charge is -2.10. The van der Waals surface area contributed by atoms with E-state index in [0.29, 0.717) is 5.56 Å². The van der Waals surface area contributed by atoms with Gasteiger partial charge in [-0.1, -0.05) is 6.07 Å². The molecule has 1 aromatic rings. The zero-order valence-corrected chi connectivity index (χ0v) is 15.3. The summed E-state index contributed by atoms with van der Waals surface area (Å²) in [6.45, 7) is 4.20. The number of carbonyl (C=O) groups excluding carboxylic acids is 4. The molecule has 0 aliphatic carbocycles. The van der Waals surface area contributed by atoms with Gasteiger partial charge in [0.25, 0.3) is 11.8 Å². The first-order chi connectivity index (χ1) is 12.8. The summed E-state index contributed by atoms with van der Waals surface area (Å²) in [6.07, 6.45) is 0. The smallest absolute Gasteiger partial charge is 0.302 e. The average molecular weight is 382 g/mol. The van der Waals surface area contributed by atoms with E-state index in [2.05, 4.69) is 20.4 Å². The minimum absolute atomic E-state index is 0.00171. The van der Waals surface area contributed by atoms with Crippen LogP contribution in [-0.4, -0.2) is 50.2 Å². The topological polar surface area (TPSA) is 129 Å². The quantitative estimate of drug-likeness (QED) is 0.339. The molecule has 10 nitrogen and oxygen atoms in total. The van der Waals surface area contributed by atoms with Crippen LogP contribution >= 0.6 is 0 Å². The summed E-state index contributed by atoms with van der Waals surface area (Å²) < 4.78 is 9.32. The molecule has 0 spiro atoms. The van der Waals surface area contributed by atoms with Gasteiger partial charge >= 0.3 is 11.9 Å². The van der Waals surface area contributed by atoms with Gasteiger partial charge in [0.2, 0.25) is 0 Å². The van der Waals surface area contributed by atoms with Gasteiger partial charge in [-0.2, -0.15) is 0 Å². The Kier molecular flexibility index (Phi) is 9.48. The van der Waals surface area contributed by atoms with E-state index in [1.807, 2.05) is 0 Å². The zero-order chi connectivity index (χ0) is 20.2. The number of esters is 2. The van der Waals surface area contributed by atoms with Crippen LogP contribution in [0.5, 0.6) is 0 Å². The zero-order valence-electron chi connectivity index (χ0n) is 15.3. The number of benzene rings is 1. The third kappa shape index (κ3) is 8.79. The van der Waals surface area contributed by atoms with Gasteiger partial charge in [-0.3, -0.25) is 28.9 Å². The van der Waals surface area contributed by atoms with Crippen molar-refractivity contribution in [3.8, 4) is 0 Å². The molecule has 27 heavy (non-hydrogen) atoms. The van der Waals surface area contributed by atoms with Gasteiger partial charge in [0.1, 0.15) is 26.4 Å². The molecule has 0 aliphatic rings. The lowest BCUT2D eigenvalue weighted by molar-refractivity contribution is -0.144. The van der Waals surface area contributed by atoms with Crippen LogP contribution in [0.2, 0.25) is 0 Å². The largest absolute Gasteiger partial charge is 0.463 e. The van der Waals surface area contributed by atoms with E-state index < -0.39 is 23.8 Å². The number of hydroxylamine groups is 2. The van der Waals surface area contributed by atoms with Crippen LogP contribution in [0.1, 0.15) is 40.1 Å². The third-order valence-corrected chi connectivity index (χ3v) is 3.06. The van der Waals surface area contributed by atoms with E-state index in [1.54, 1.807) is 13.0 Å². The molecule has 0 heterocycles. The van der Waals surface area contributed by atoms with Crippen LogP contribution in [0.25, 0.3) is 0 Å². The Labute approximate surface area is 156 Å². The van der Waals surface area contributed by atoms with Crippen LogP contribution in [0.15, 0.2) is 18.2 Å². The molecule has 0 atom stereocenters. The first kappa shape index (κ1) is 22.1. The fraction of sp³-hybridized carbons (Fsp3) is 0.412. The lowest BCUT2D eigenvalue weighted by Crippen LogP contribution is -2.28. The second-order valence-electron chi connectivity index (χ2n) is 5.27. The van der Waals surface area contributed by atoms with Crippen molar-refractivity contribution in [3.63, 3.8) is 0 Å². The molecule has 1 aromatic carbocycles. The molecule has 10 heteroatoms. The molecule has 0 bridgehead atoms. The molecular formula is C17H22N2O8. The third-order valence-electron chi connectivity index (χ3n) is 3.06. The number of amides is 2. The van der Waals surface area contributed by atoms with Gasteiger partial charge in [-0.15, -0.1) is 0 Å². The van der Waals surface area contributed by atoms with Crippen LogP contribution in [0.4, 0.5) is 0 Å². The van der Waals surface area contributed by atoms with E-state index in [4.69, 9.17) is 9.68 Å². The molecule has 0 saturated carbocycles. The number of carbonyl (C=O) groups is 4. The van der Waals surface area contributed by atoms with E-state index >= 15 is 0 Å². The molecule has 1 rings (SSSR count). The molecule has 2 N–H and O–H groups in total. The van der Waals surface area contributed by atoms with Crippen molar-refractivity contribution in [2.24, 2.45) is 0 Å². The van der Waals surface area contributed by atoms with Gasteiger partial charge in [0.05, 0.1) is 0 Å². The number of rotatable bonds is 10. The highest BCUT2D eigenvalue weighted by Gasteiger charge is 2.14. The summed E-state index contributed by atoms with van der Waals surface area (Å²) in [7, 11) is 0. The predicted molar refractivity (Wildman–Crippen MR) is 91.3 cm³/mol. The fourth-order valence-electron chi connectivity index (χ4n) is 1.81. The normalized spacial score (nSPS) is 10.0. The van der Waals surface area contributed by atoms with Gasteiger partial charge in [0.15, 0.2) is 0 Å². The van der Waals surface area contributed by atoms with Crippen molar-refractivity contribution < 1.29 is 38.3 Å². The summed E-state index contributed by atoms with van der Waals surface area (Å²) in [6, 6.07) is 4.50. The second-order valence-corrected chi connectivity index (χ2v) is 5.27. The highest BCUT2D eigenvalue weighted by molar-refractivity contribution is 6.00. The Balaban J connectivity index is 2.52. The SMILES string of the molecule is CC(=O)OCCONC(=O)c1ccc(C)c(C(=O)NOCCOC(C)=O)c1. The number of nitrogens with one attached hydrogen (secondary N) is 2. The van der Waals surface area contributed by atoms with Crippen LogP contribution in [0.3, 0.4) is 0 Å². The van der Waals surface area contributed by atoms with Gasteiger partial charge in [-0.05, 0) is 24.6 Å². The van der Waals surface area contributed by atoms with Crippen LogP contribution in [-0.2, 0) is 28.7 Å². The Morgan fingerprint density at radius 2 is 1.33 bits per heavy atom. The minimum Gasteiger partial charge on any atom is -0.463 e. The first-order valence-corrected chi connectivity index (χ1v) is 8.03. The van der Waals surface area contributed by atoms with Crippen molar-refractivity contribution >= 4 is 23.8 Å². The summed E-state index contributed by atoms with van der Waals surface area (Å²) in [5.41, 5.74) is 5.45. The van der Waals surface area contributed by atoms with Crippen molar-refractivity contribution in [3.05, 3.63) is 34.9 Å². The molecule has 2 amide bonds. The summed E-state index contributed by atoms with van der Waals surface area (Å²) in [4.78, 5) is 55.2. The molecule has 0 saturated heterocycles. The fourth-order valence-corrected chi connectivity index (χ4v) is 1.81. The maximum absolute atomic E-state index is 12.1. The molecular weight excluding hydrogens is 360 g/mol. The molecule has 0 aliphatic heterocycles. The molecule has 0 aromatic heterocycles. The van der Waals surface area contributed by atoms with Gasteiger partial charge in [-0.25, -0.2) is 11.0 Å². The number of hydrogen-bond acceptors (Lipinski definition) is 8. The summed E-state index contributed by atoms with van der Waals surface area (Å²) in [5.74, 6) is -2.02. The maximum atomic E-state index is 12.1. The Morgan fingerprint density at radius 1 is 0.815 bits per heavy atom. The van der Waals surface area contributed by atoms with Crippen molar-refractivity contribution in [1.82, 2.24) is 11.0 Å². The second kappa shape index (κ2) is 11.6. The van der Waals surface area contributed by atoms with Gasteiger partial charge in [0, 0.05) is 25.0 Å². The first-order valence-electron chi connectivity index (χ1n) is 8.03. The van der Waals surface area contributed by atoms with Crippen molar-refractivity contribution in [2.75, 3.05) is 26.4 Å². The van der Waals surface area contributed by atoms with Crippen LogP contribution < -0.4 is 11.0 Å². The highest BCUT2D eigenvalue weighted by atomic mass is 16.7. The maximum Gasteiger partial charge on any atom is 0.302 e. The number of aryl methyl sites for hydroxylation is 1.